The Balaban J connectivity index is 2.44. The molecule has 0 bridgehead atoms. The smallest absolute Gasteiger partial charge is 0.357 e. The SMILES string of the molecule is CCCCOC(=O)c1csc(CBr)n1. The summed E-state index contributed by atoms with van der Waals surface area (Å²) in [5.74, 6) is -0.318. The van der Waals surface area contributed by atoms with Crippen LogP contribution in [0.4, 0.5) is 0 Å². The zero-order valence-corrected chi connectivity index (χ0v) is 10.4. The van der Waals surface area contributed by atoms with Crippen molar-refractivity contribution in [1.29, 1.82) is 0 Å². The van der Waals surface area contributed by atoms with Gasteiger partial charge in [-0.25, -0.2) is 9.78 Å². The first-order valence-corrected chi connectivity index (χ1v) is 6.45. The number of alkyl halides is 1. The Bertz CT molecular complexity index is 301. The highest BCUT2D eigenvalue weighted by Crippen LogP contribution is 2.13. The minimum atomic E-state index is -0.318. The number of rotatable bonds is 5. The molecular weight excluding hydrogens is 266 g/mol. The Labute approximate surface area is 95.6 Å². The molecule has 1 aromatic heterocycles. The first-order valence-electron chi connectivity index (χ1n) is 4.45. The van der Waals surface area contributed by atoms with Gasteiger partial charge in [-0.3, -0.25) is 0 Å². The summed E-state index contributed by atoms with van der Waals surface area (Å²) in [6.07, 6.45) is 1.93. The lowest BCUT2D eigenvalue weighted by atomic mass is 10.4. The van der Waals surface area contributed by atoms with Crippen LogP contribution >= 0.6 is 27.3 Å². The van der Waals surface area contributed by atoms with Crippen molar-refractivity contribution in [2.24, 2.45) is 0 Å². The van der Waals surface area contributed by atoms with Crippen molar-refractivity contribution in [2.45, 2.75) is 25.1 Å². The number of unbranched alkanes of at least 4 members (excludes halogenated alkanes) is 1. The maximum absolute atomic E-state index is 11.4. The number of carbonyl (C=O) groups is 1. The largest absolute Gasteiger partial charge is 0.461 e. The van der Waals surface area contributed by atoms with Crippen LogP contribution < -0.4 is 0 Å². The van der Waals surface area contributed by atoms with Gasteiger partial charge < -0.3 is 4.74 Å². The third kappa shape index (κ3) is 3.38. The lowest BCUT2D eigenvalue weighted by molar-refractivity contribution is 0.0493. The van der Waals surface area contributed by atoms with Crippen LogP contribution in [0, 0.1) is 0 Å². The van der Waals surface area contributed by atoms with Gasteiger partial charge in [-0.05, 0) is 6.42 Å². The predicted octanol–water partition coefficient (Wildman–Crippen LogP) is 2.99. The third-order valence-electron chi connectivity index (χ3n) is 1.61. The standard InChI is InChI=1S/C9H12BrNO2S/c1-2-3-4-13-9(12)7-6-14-8(5-10)11-7/h6H,2-5H2,1H3. The molecule has 0 aromatic carbocycles. The summed E-state index contributed by atoms with van der Waals surface area (Å²) >= 11 is 4.74. The van der Waals surface area contributed by atoms with E-state index in [0.29, 0.717) is 17.6 Å². The van der Waals surface area contributed by atoms with Crippen molar-refractivity contribution in [1.82, 2.24) is 4.98 Å². The fourth-order valence-electron chi connectivity index (χ4n) is 0.849. The zero-order valence-electron chi connectivity index (χ0n) is 7.96. The Morgan fingerprint density at radius 2 is 2.50 bits per heavy atom. The molecule has 0 atom stereocenters. The van der Waals surface area contributed by atoms with Gasteiger partial charge in [0.1, 0.15) is 5.01 Å². The van der Waals surface area contributed by atoms with E-state index in [1.165, 1.54) is 11.3 Å². The van der Waals surface area contributed by atoms with Gasteiger partial charge in [0.2, 0.25) is 0 Å². The second kappa shape index (κ2) is 6.14. The van der Waals surface area contributed by atoms with E-state index in [1.54, 1.807) is 5.38 Å². The molecule has 0 unspecified atom stereocenters. The number of aromatic nitrogens is 1. The van der Waals surface area contributed by atoms with E-state index in [1.807, 2.05) is 0 Å². The molecule has 0 N–H and O–H groups in total. The van der Waals surface area contributed by atoms with Crippen molar-refractivity contribution < 1.29 is 9.53 Å². The Hall–Kier alpha value is -0.420. The maximum atomic E-state index is 11.4. The summed E-state index contributed by atoms with van der Waals surface area (Å²) in [5, 5.41) is 3.30. The molecule has 78 valence electrons. The van der Waals surface area contributed by atoms with E-state index in [2.05, 4.69) is 27.8 Å². The number of esters is 1. The molecule has 1 rings (SSSR count). The van der Waals surface area contributed by atoms with Crippen molar-refractivity contribution in [3.8, 4) is 0 Å². The van der Waals surface area contributed by atoms with Gasteiger partial charge in [-0.15, -0.1) is 11.3 Å². The molecule has 3 nitrogen and oxygen atoms in total. The van der Waals surface area contributed by atoms with Crippen LogP contribution in [0.25, 0.3) is 0 Å². The Morgan fingerprint density at radius 1 is 1.71 bits per heavy atom. The number of thiazole rings is 1. The molecular formula is C9H12BrNO2S. The number of halogens is 1. The van der Waals surface area contributed by atoms with Crippen LogP contribution in [0.15, 0.2) is 5.38 Å². The normalized spacial score (nSPS) is 10.1. The van der Waals surface area contributed by atoms with Crippen molar-refractivity contribution >= 4 is 33.2 Å². The molecule has 0 aliphatic heterocycles. The molecule has 0 radical (unpaired) electrons. The quantitative estimate of drug-likeness (QED) is 0.472. The predicted molar refractivity (Wildman–Crippen MR) is 59.9 cm³/mol. The molecule has 1 heterocycles. The van der Waals surface area contributed by atoms with Gasteiger partial charge >= 0.3 is 5.97 Å². The molecule has 0 amide bonds. The van der Waals surface area contributed by atoms with Crippen LogP contribution in [-0.4, -0.2) is 17.6 Å². The van der Waals surface area contributed by atoms with Crippen molar-refractivity contribution in [3.05, 3.63) is 16.1 Å². The van der Waals surface area contributed by atoms with Crippen LogP contribution in [-0.2, 0) is 10.1 Å². The van der Waals surface area contributed by atoms with Gasteiger partial charge in [-0.1, -0.05) is 29.3 Å². The van der Waals surface area contributed by atoms with Crippen LogP contribution in [0.2, 0.25) is 0 Å². The minimum Gasteiger partial charge on any atom is -0.461 e. The van der Waals surface area contributed by atoms with E-state index in [0.717, 1.165) is 17.8 Å². The van der Waals surface area contributed by atoms with Crippen LogP contribution in [0.1, 0.15) is 35.3 Å². The molecule has 0 aliphatic carbocycles. The van der Waals surface area contributed by atoms with Crippen molar-refractivity contribution in [3.63, 3.8) is 0 Å². The van der Waals surface area contributed by atoms with E-state index in [9.17, 15) is 4.79 Å². The fourth-order valence-corrected chi connectivity index (χ4v) is 1.98. The second-order valence-corrected chi connectivity index (χ2v) is 4.25. The first kappa shape index (κ1) is 11.7. The highest BCUT2D eigenvalue weighted by molar-refractivity contribution is 9.08. The van der Waals surface area contributed by atoms with E-state index in [-0.39, 0.29) is 5.97 Å². The number of hydrogen-bond acceptors (Lipinski definition) is 4. The number of hydrogen-bond donors (Lipinski definition) is 0. The van der Waals surface area contributed by atoms with E-state index < -0.39 is 0 Å². The monoisotopic (exact) mass is 277 g/mol. The fraction of sp³-hybridized carbons (Fsp3) is 0.556. The maximum Gasteiger partial charge on any atom is 0.357 e. The summed E-state index contributed by atoms with van der Waals surface area (Å²) in [5.41, 5.74) is 0.417. The Morgan fingerprint density at radius 3 is 3.07 bits per heavy atom. The number of carbonyl (C=O) groups excluding carboxylic acids is 1. The molecule has 0 aliphatic rings. The first-order chi connectivity index (χ1) is 6.77. The average Bonchev–Trinajstić information content (AvgIpc) is 2.66. The van der Waals surface area contributed by atoms with Crippen molar-refractivity contribution in [2.75, 3.05) is 6.61 Å². The molecule has 0 fully saturated rings. The minimum absolute atomic E-state index is 0.318. The van der Waals surface area contributed by atoms with Crippen LogP contribution in [0.3, 0.4) is 0 Å². The third-order valence-corrected chi connectivity index (χ3v) is 3.36. The summed E-state index contributed by atoms with van der Waals surface area (Å²) in [4.78, 5) is 15.5. The number of ether oxygens (including phenoxy) is 1. The molecule has 5 heteroatoms. The number of nitrogens with zero attached hydrogens (tertiary/aromatic N) is 1. The van der Waals surface area contributed by atoms with Gasteiger partial charge in [0.05, 0.1) is 11.9 Å². The molecule has 0 saturated heterocycles. The summed E-state index contributed by atoms with van der Waals surface area (Å²) < 4.78 is 5.02. The highest BCUT2D eigenvalue weighted by Gasteiger charge is 2.10. The zero-order chi connectivity index (χ0) is 10.4. The van der Waals surface area contributed by atoms with Gasteiger partial charge in [0.15, 0.2) is 5.69 Å². The summed E-state index contributed by atoms with van der Waals surface area (Å²) in [6, 6.07) is 0. The second-order valence-electron chi connectivity index (χ2n) is 2.75. The molecule has 0 saturated carbocycles. The lowest BCUT2D eigenvalue weighted by Crippen LogP contribution is -2.06. The Kier molecular flexibility index (Phi) is 5.11. The van der Waals surface area contributed by atoms with Gasteiger partial charge in [0.25, 0.3) is 0 Å². The highest BCUT2D eigenvalue weighted by atomic mass is 79.9. The van der Waals surface area contributed by atoms with E-state index in [4.69, 9.17) is 4.74 Å². The van der Waals surface area contributed by atoms with Gasteiger partial charge in [0, 0.05) is 5.38 Å². The topological polar surface area (TPSA) is 39.2 Å². The summed E-state index contributed by atoms with van der Waals surface area (Å²) in [7, 11) is 0. The van der Waals surface area contributed by atoms with E-state index >= 15 is 0 Å². The lowest BCUT2D eigenvalue weighted by Gasteiger charge is -1.99. The summed E-state index contributed by atoms with van der Waals surface area (Å²) in [6.45, 7) is 2.54. The molecule has 14 heavy (non-hydrogen) atoms. The molecule has 0 spiro atoms. The molecule has 1 aromatic rings. The average molecular weight is 278 g/mol. The van der Waals surface area contributed by atoms with Crippen LogP contribution in [0.5, 0.6) is 0 Å². The van der Waals surface area contributed by atoms with Gasteiger partial charge in [-0.2, -0.15) is 0 Å².